The summed E-state index contributed by atoms with van der Waals surface area (Å²) in [5.41, 5.74) is 9.11. The summed E-state index contributed by atoms with van der Waals surface area (Å²) in [6, 6.07) is 7.99. The molecule has 0 bridgehead atoms. The third kappa shape index (κ3) is 2.03. The number of nitrogens with zero attached hydrogens (tertiary/aromatic N) is 2. The molecule has 1 aliphatic carbocycles. The zero-order valence-corrected chi connectivity index (χ0v) is 9.84. The van der Waals surface area contributed by atoms with Gasteiger partial charge in [0, 0.05) is 0 Å². The van der Waals surface area contributed by atoms with E-state index in [4.69, 9.17) is 5.73 Å². The highest BCUT2D eigenvalue weighted by molar-refractivity contribution is 5.73. The average molecular weight is 227 g/mol. The Bertz CT molecular complexity index is 518. The molecule has 2 N–H and O–H groups in total. The van der Waals surface area contributed by atoms with Crippen LogP contribution in [0.2, 0.25) is 0 Å². The minimum atomic E-state index is 0.0506. The first-order valence-corrected chi connectivity index (χ1v) is 6.32. The quantitative estimate of drug-likeness (QED) is 0.858. The third-order valence-electron chi connectivity index (χ3n) is 3.72. The Morgan fingerprint density at radius 1 is 1.12 bits per heavy atom. The maximum absolute atomic E-state index is 6.29. The molecule has 3 nitrogen and oxygen atoms in total. The van der Waals surface area contributed by atoms with E-state index in [-0.39, 0.29) is 6.04 Å². The summed E-state index contributed by atoms with van der Waals surface area (Å²) >= 11 is 0. The van der Waals surface area contributed by atoms with E-state index in [0.29, 0.717) is 5.92 Å². The van der Waals surface area contributed by atoms with Gasteiger partial charge in [0.1, 0.15) is 0 Å². The van der Waals surface area contributed by atoms with E-state index in [2.05, 4.69) is 9.97 Å². The highest BCUT2D eigenvalue weighted by atomic mass is 14.8. The van der Waals surface area contributed by atoms with Gasteiger partial charge in [-0.1, -0.05) is 25.0 Å². The fourth-order valence-electron chi connectivity index (χ4n) is 2.69. The molecule has 1 unspecified atom stereocenters. The molecule has 1 aliphatic rings. The van der Waals surface area contributed by atoms with Crippen molar-refractivity contribution in [2.45, 2.75) is 31.7 Å². The molecular weight excluding hydrogens is 210 g/mol. The smallest absolute Gasteiger partial charge is 0.0890 e. The molecule has 0 saturated heterocycles. The van der Waals surface area contributed by atoms with Gasteiger partial charge < -0.3 is 5.73 Å². The van der Waals surface area contributed by atoms with Crippen molar-refractivity contribution in [3.8, 4) is 0 Å². The van der Waals surface area contributed by atoms with Crippen LogP contribution in [0.5, 0.6) is 0 Å². The molecule has 17 heavy (non-hydrogen) atoms. The van der Waals surface area contributed by atoms with E-state index >= 15 is 0 Å². The first-order valence-electron chi connectivity index (χ1n) is 6.32. The van der Waals surface area contributed by atoms with Gasteiger partial charge in [0.25, 0.3) is 0 Å². The molecule has 1 heterocycles. The second kappa shape index (κ2) is 4.41. The fourth-order valence-corrected chi connectivity index (χ4v) is 2.69. The topological polar surface area (TPSA) is 51.8 Å². The van der Waals surface area contributed by atoms with Crippen molar-refractivity contribution >= 4 is 11.0 Å². The third-order valence-corrected chi connectivity index (χ3v) is 3.72. The van der Waals surface area contributed by atoms with Gasteiger partial charge in [0.05, 0.1) is 29.0 Å². The second-order valence-electron chi connectivity index (χ2n) is 4.85. The van der Waals surface area contributed by atoms with E-state index in [1.165, 1.54) is 25.7 Å². The summed E-state index contributed by atoms with van der Waals surface area (Å²) < 4.78 is 0. The molecule has 88 valence electrons. The van der Waals surface area contributed by atoms with E-state index < -0.39 is 0 Å². The predicted molar refractivity (Wildman–Crippen MR) is 68.4 cm³/mol. The summed E-state index contributed by atoms with van der Waals surface area (Å²) in [5, 5.41) is 0. The summed E-state index contributed by atoms with van der Waals surface area (Å²) in [6.07, 6.45) is 6.91. The molecule has 0 amide bonds. The summed E-state index contributed by atoms with van der Waals surface area (Å²) in [5.74, 6) is 0.588. The van der Waals surface area contributed by atoms with Crippen LogP contribution in [0.4, 0.5) is 0 Å². The van der Waals surface area contributed by atoms with E-state index in [1.54, 1.807) is 0 Å². The number of benzene rings is 1. The van der Waals surface area contributed by atoms with Crippen LogP contribution in [0.15, 0.2) is 30.5 Å². The Labute approximate surface area is 101 Å². The van der Waals surface area contributed by atoms with E-state index in [1.807, 2.05) is 30.5 Å². The van der Waals surface area contributed by atoms with Gasteiger partial charge in [0.15, 0.2) is 0 Å². The molecule has 0 spiro atoms. The highest BCUT2D eigenvalue weighted by Gasteiger charge is 2.24. The Morgan fingerprint density at radius 3 is 2.59 bits per heavy atom. The molecule has 1 atom stereocenters. The summed E-state index contributed by atoms with van der Waals surface area (Å²) in [7, 11) is 0. The number of hydrogen-bond acceptors (Lipinski definition) is 3. The number of rotatable bonds is 2. The first kappa shape index (κ1) is 10.7. The monoisotopic (exact) mass is 227 g/mol. The molecule has 0 aliphatic heterocycles. The summed E-state index contributed by atoms with van der Waals surface area (Å²) in [4.78, 5) is 9.06. The van der Waals surface area contributed by atoms with Crippen molar-refractivity contribution in [2.75, 3.05) is 0 Å². The maximum Gasteiger partial charge on any atom is 0.0890 e. The number of nitrogens with two attached hydrogens (primary N) is 1. The lowest BCUT2D eigenvalue weighted by Crippen LogP contribution is -2.20. The van der Waals surface area contributed by atoms with Crippen LogP contribution in [-0.4, -0.2) is 9.97 Å². The number of para-hydroxylation sites is 2. The molecule has 1 aromatic heterocycles. The lowest BCUT2D eigenvalue weighted by molar-refractivity contribution is 0.437. The van der Waals surface area contributed by atoms with Gasteiger partial charge in [0.2, 0.25) is 0 Å². The highest BCUT2D eigenvalue weighted by Crippen LogP contribution is 2.33. The lowest BCUT2D eigenvalue weighted by Gasteiger charge is -2.17. The molecule has 0 radical (unpaired) electrons. The van der Waals surface area contributed by atoms with Gasteiger partial charge in [-0.25, -0.2) is 4.98 Å². The molecule has 1 aromatic carbocycles. The van der Waals surface area contributed by atoms with Crippen molar-refractivity contribution < 1.29 is 0 Å². The van der Waals surface area contributed by atoms with Crippen LogP contribution >= 0.6 is 0 Å². The second-order valence-corrected chi connectivity index (χ2v) is 4.85. The lowest BCUT2D eigenvalue weighted by atomic mass is 9.96. The van der Waals surface area contributed by atoms with Crippen LogP contribution in [0.3, 0.4) is 0 Å². The maximum atomic E-state index is 6.29. The van der Waals surface area contributed by atoms with Crippen LogP contribution in [0.25, 0.3) is 11.0 Å². The van der Waals surface area contributed by atoms with Crippen molar-refractivity contribution in [3.63, 3.8) is 0 Å². The molecule has 1 saturated carbocycles. The van der Waals surface area contributed by atoms with E-state index in [9.17, 15) is 0 Å². The molecule has 1 fully saturated rings. The first-order chi connectivity index (χ1) is 8.34. The minimum Gasteiger partial charge on any atom is -0.322 e. The van der Waals surface area contributed by atoms with Crippen molar-refractivity contribution in [2.24, 2.45) is 11.7 Å². The van der Waals surface area contributed by atoms with Crippen LogP contribution < -0.4 is 5.73 Å². The number of aromatic nitrogens is 2. The van der Waals surface area contributed by atoms with Crippen molar-refractivity contribution in [1.29, 1.82) is 0 Å². The number of fused-ring (bicyclic) bond motifs is 1. The minimum absolute atomic E-state index is 0.0506. The Kier molecular flexibility index (Phi) is 2.77. The number of hydrogen-bond donors (Lipinski definition) is 1. The standard InChI is InChI=1S/C14H17N3/c15-14(10-5-1-2-6-10)13-9-16-11-7-3-4-8-12(11)17-13/h3-4,7-10,14H,1-2,5-6,15H2. The van der Waals surface area contributed by atoms with E-state index in [0.717, 1.165) is 16.7 Å². The Hall–Kier alpha value is -1.48. The summed E-state index contributed by atoms with van der Waals surface area (Å²) in [6.45, 7) is 0. The van der Waals surface area contributed by atoms with Gasteiger partial charge in [-0.2, -0.15) is 0 Å². The zero-order chi connectivity index (χ0) is 11.7. The predicted octanol–water partition coefficient (Wildman–Crippen LogP) is 2.82. The van der Waals surface area contributed by atoms with Gasteiger partial charge in [-0.05, 0) is 30.9 Å². The molecule has 2 aromatic rings. The average Bonchev–Trinajstić information content (AvgIpc) is 2.91. The zero-order valence-electron chi connectivity index (χ0n) is 9.84. The molecule has 3 heteroatoms. The Balaban J connectivity index is 1.94. The largest absolute Gasteiger partial charge is 0.322 e. The molecular formula is C14H17N3. The molecule has 3 rings (SSSR count). The fraction of sp³-hybridized carbons (Fsp3) is 0.429. The van der Waals surface area contributed by atoms with Crippen molar-refractivity contribution in [1.82, 2.24) is 9.97 Å². The normalized spacial score (nSPS) is 18.6. The van der Waals surface area contributed by atoms with Gasteiger partial charge in [-0.15, -0.1) is 0 Å². The van der Waals surface area contributed by atoms with Crippen molar-refractivity contribution in [3.05, 3.63) is 36.2 Å². The van der Waals surface area contributed by atoms with Gasteiger partial charge in [-0.3, -0.25) is 4.98 Å². The SMILES string of the molecule is NC(c1cnc2ccccc2n1)C1CCCC1. The van der Waals surface area contributed by atoms with Crippen LogP contribution in [0.1, 0.15) is 37.4 Å². The van der Waals surface area contributed by atoms with Crippen LogP contribution in [0, 0.1) is 5.92 Å². The van der Waals surface area contributed by atoms with Crippen LogP contribution in [-0.2, 0) is 0 Å². The van der Waals surface area contributed by atoms with Gasteiger partial charge >= 0.3 is 0 Å². The Morgan fingerprint density at radius 2 is 1.82 bits per heavy atom.